The molecular formula is C14H17NOS. The molecule has 0 unspecified atom stereocenters. The highest BCUT2D eigenvalue weighted by molar-refractivity contribution is 7.98. The average molecular weight is 247 g/mol. The fourth-order valence-corrected chi connectivity index (χ4v) is 2.30. The molecule has 0 saturated heterocycles. The van der Waals surface area contributed by atoms with E-state index < -0.39 is 0 Å². The molecule has 0 heterocycles. The van der Waals surface area contributed by atoms with Gasteiger partial charge in [-0.2, -0.15) is 0 Å². The van der Waals surface area contributed by atoms with Gasteiger partial charge < -0.3 is 5.73 Å². The third-order valence-corrected chi connectivity index (χ3v) is 3.75. The predicted octanol–water partition coefficient (Wildman–Crippen LogP) is 3.00. The summed E-state index contributed by atoms with van der Waals surface area (Å²) in [7, 11) is 0. The number of carbonyl (C=O) groups excluding carboxylic acids is 1. The van der Waals surface area contributed by atoms with E-state index in [9.17, 15) is 4.79 Å². The van der Waals surface area contributed by atoms with Crippen molar-refractivity contribution in [2.24, 2.45) is 11.7 Å². The zero-order chi connectivity index (χ0) is 12.4. The summed E-state index contributed by atoms with van der Waals surface area (Å²) in [6, 6.07) is 6.13. The Hall–Kier alpha value is -1.22. The van der Waals surface area contributed by atoms with Crippen LogP contribution in [-0.2, 0) is 4.79 Å². The van der Waals surface area contributed by atoms with Crippen LogP contribution in [0.4, 0.5) is 0 Å². The molecule has 17 heavy (non-hydrogen) atoms. The Morgan fingerprint density at radius 3 is 2.71 bits per heavy atom. The molecule has 0 spiro atoms. The van der Waals surface area contributed by atoms with Gasteiger partial charge in [0.15, 0.2) is 5.78 Å². The van der Waals surface area contributed by atoms with Crippen molar-refractivity contribution >= 4 is 23.2 Å². The van der Waals surface area contributed by atoms with Crippen LogP contribution in [0.3, 0.4) is 0 Å². The van der Waals surface area contributed by atoms with Crippen LogP contribution < -0.4 is 5.73 Å². The molecular weight excluding hydrogens is 230 g/mol. The van der Waals surface area contributed by atoms with Gasteiger partial charge in [0.1, 0.15) is 0 Å². The molecule has 3 heteroatoms. The highest BCUT2D eigenvalue weighted by atomic mass is 32.2. The first-order valence-electron chi connectivity index (χ1n) is 5.78. The summed E-state index contributed by atoms with van der Waals surface area (Å²) in [5, 5.41) is 0. The van der Waals surface area contributed by atoms with Gasteiger partial charge in [0, 0.05) is 28.1 Å². The van der Waals surface area contributed by atoms with E-state index >= 15 is 0 Å². The monoisotopic (exact) mass is 247 g/mol. The van der Waals surface area contributed by atoms with Crippen LogP contribution in [0.1, 0.15) is 24.0 Å². The molecule has 2 nitrogen and oxygen atoms in total. The first kappa shape index (κ1) is 12.2. The highest BCUT2D eigenvalue weighted by Gasteiger charge is 2.28. The number of nitrogens with two attached hydrogens (primary N) is 1. The number of ketones is 1. The van der Waals surface area contributed by atoms with E-state index in [0.717, 1.165) is 24.0 Å². The Balaban J connectivity index is 2.23. The van der Waals surface area contributed by atoms with Crippen LogP contribution in [0.5, 0.6) is 0 Å². The molecule has 0 aliphatic heterocycles. The Labute approximate surface area is 106 Å². The summed E-state index contributed by atoms with van der Waals surface area (Å²) in [5.74, 6) is 0.412. The molecule has 1 aromatic carbocycles. The first-order chi connectivity index (χ1) is 8.11. The molecule has 0 radical (unpaired) electrons. The number of rotatable bonds is 4. The third-order valence-electron chi connectivity index (χ3n) is 3.02. The lowest BCUT2D eigenvalue weighted by Gasteiger charge is -2.07. The van der Waals surface area contributed by atoms with E-state index in [0.29, 0.717) is 5.70 Å². The van der Waals surface area contributed by atoms with Crippen molar-refractivity contribution in [2.45, 2.75) is 24.7 Å². The van der Waals surface area contributed by atoms with Crippen LogP contribution in [0.25, 0.3) is 5.70 Å². The molecule has 1 fully saturated rings. The van der Waals surface area contributed by atoms with Crippen molar-refractivity contribution in [3.8, 4) is 0 Å². The Morgan fingerprint density at radius 2 is 2.18 bits per heavy atom. The zero-order valence-electron chi connectivity index (χ0n) is 10.2. The lowest BCUT2D eigenvalue weighted by Crippen LogP contribution is -2.04. The molecule has 1 saturated carbocycles. The van der Waals surface area contributed by atoms with Crippen LogP contribution in [-0.4, -0.2) is 12.0 Å². The van der Waals surface area contributed by atoms with E-state index in [4.69, 9.17) is 5.73 Å². The second kappa shape index (κ2) is 4.96. The second-order valence-electron chi connectivity index (χ2n) is 4.46. The molecule has 0 aromatic heterocycles. The van der Waals surface area contributed by atoms with E-state index in [1.807, 2.05) is 25.3 Å². The van der Waals surface area contributed by atoms with Gasteiger partial charge >= 0.3 is 0 Å². The van der Waals surface area contributed by atoms with E-state index in [2.05, 4.69) is 6.07 Å². The van der Waals surface area contributed by atoms with Gasteiger partial charge in [-0.1, -0.05) is 6.07 Å². The van der Waals surface area contributed by atoms with Gasteiger partial charge in [-0.3, -0.25) is 4.79 Å². The van der Waals surface area contributed by atoms with E-state index in [1.165, 1.54) is 4.90 Å². The van der Waals surface area contributed by atoms with Crippen molar-refractivity contribution in [1.29, 1.82) is 0 Å². The maximum Gasteiger partial charge on any atom is 0.160 e. The molecule has 90 valence electrons. The average Bonchev–Trinajstić information content (AvgIpc) is 3.12. The smallest absolute Gasteiger partial charge is 0.160 e. The fourth-order valence-electron chi connectivity index (χ4n) is 1.80. The number of thioether (sulfide) groups is 1. The molecule has 0 bridgehead atoms. The van der Waals surface area contributed by atoms with Crippen LogP contribution in [0, 0.1) is 12.8 Å². The Morgan fingerprint density at radius 1 is 1.47 bits per heavy atom. The van der Waals surface area contributed by atoms with Gasteiger partial charge in [0.2, 0.25) is 0 Å². The van der Waals surface area contributed by atoms with E-state index in [-0.39, 0.29) is 11.7 Å². The first-order valence-corrected chi connectivity index (χ1v) is 7.00. The number of allylic oxidation sites excluding steroid dienone is 1. The quantitative estimate of drug-likeness (QED) is 0.657. The van der Waals surface area contributed by atoms with Crippen molar-refractivity contribution in [3.05, 3.63) is 35.4 Å². The second-order valence-corrected chi connectivity index (χ2v) is 5.34. The Kier molecular flexibility index (Phi) is 3.57. The maximum atomic E-state index is 11.7. The predicted molar refractivity (Wildman–Crippen MR) is 72.9 cm³/mol. The summed E-state index contributed by atoms with van der Waals surface area (Å²) in [5.41, 5.74) is 8.67. The lowest BCUT2D eigenvalue weighted by molar-refractivity contribution is -0.115. The molecule has 2 N–H and O–H groups in total. The van der Waals surface area contributed by atoms with E-state index in [1.54, 1.807) is 17.8 Å². The molecule has 2 rings (SSSR count). The summed E-state index contributed by atoms with van der Waals surface area (Å²) in [6.07, 6.45) is 5.68. The van der Waals surface area contributed by atoms with Crippen molar-refractivity contribution in [1.82, 2.24) is 0 Å². The highest BCUT2D eigenvalue weighted by Crippen LogP contribution is 2.31. The number of hydrogen-bond donors (Lipinski definition) is 1. The number of carbonyl (C=O) groups is 1. The summed E-state index contributed by atoms with van der Waals surface area (Å²) >= 11 is 1.70. The standard InChI is InChI=1S/C14H17NOS/c1-9-7-11(17-2)5-6-12(9)13(15)8-14(16)10-3-4-10/h5-8,10H,3-4,15H2,1-2H3/b13-8+. The van der Waals surface area contributed by atoms with Crippen LogP contribution >= 0.6 is 11.8 Å². The zero-order valence-corrected chi connectivity index (χ0v) is 11.0. The van der Waals surface area contributed by atoms with Crippen molar-refractivity contribution < 1.29 is 4.79 Å². The fraction of sp³-hybridized carbons (Fsp3) is 0.357. The lowest BCUT2D eigenvalue weighted by atomic mass is 10.0. The molecule has 1 aliphatic rings. The minimum absolute atomic E-state index is 0.177. The molecule has 1 aromatic rings. The van der Waals surface area contributed by atoms with Crippen molar-refractivity contribution in [2.75, 3.05) is 6.26 Å². The van der Waals surface area contributed by atoms with Gasteiger partial charge in [0.25, 0.3) is 0 Å². The third kappa shape index (κ3) is 2.91. The van der Waals surface area contributed by atoms with Gasteiger partial charge in [0.05, 0.1) is 0 Å². The minimum Gasteiger partial charge on any atom is -0.398 e. The number of hydrogen-bond acceptors (Lipinski definition) is 3. The SMILES string of the molecule is CSc1ccc(/C(N)=C\C(=O)C2CC2)c(C)c1. The van der Waals surface area contributed by atoms with Gasteiger partial charge in [-0.25, -0.2) is 0 Å². The number of aryl methyl sites for hydroxylation is 1. The van der Waals surface area contributed by atoms with Crippen LogP contribution in [0.2, 0.25) is 0 Å². The number of benzene rings is 1. The van der Waals surface area contributed by atoms with Crippen LogP contribution in [0.15, 0.2) is 29.2 Å². The maximum absolute atomic E-state index is 11.7. The normalized spacial score (nSPS) is 16.0. The largest absolute Gasteiger partial charge is 0.398 e. The topological polar surface area (TPSA) is 43.1 Å². The van der Waals surface area contributed by atoms with Gasteiger partial charge in [-0.15, -0.1) is 11.8 Å². The molecule has 1 aliphatic carbocycles. The summed E-state index contributed by atoms with van der Waals surface area (Å²) in [6.45, 7) is 2.03. The molecule has 0 atom stereocenters. The summed E-state index contributed by atoms with van der Waals surface area (Å²) in [4.78, 5) is 12.9. The minimum atomic E-state index is 0.177. The van der Waals surface area contributed by atoms with Crippen molar-refractivity contribution in [3.63, 3.8) is 0 Å². The Bertz CT molecular complexity index is 475. The van der Waals surface area contributed by atoms with Gasteiger partial charge in [-0.05, 0) is 43.7 Å². The summed E-state index contributed by atoms with van der Waals surface area (Å²) < 4.78 is 0. The molecule has 0 amide bonds.